The van der Waals surface area contributed by atoms with Crippen LogP contribution < -0.4 is 14.8 Å². The molecule has 154 valence electrons. The molecule has 30 heavy (non-hydrogen) atoms. The molecular formula is C24H23FN2O3. The first-order valence-electron chi connectivity index (χ1n) is 9.67. The number of hydrogen-bond acceptors (Lipinski definition) is 5. The maximum atomic E-state index is 13.4. The van der Waals surface area contributed by atoms with E-state index in [4.69, 9.17) is 14.5 Å². The summed E-state index contributed by atoms with van der Waals surface area (Å²) in [5, 5.41) is 14.0. The zero-order valence-corrected chi connectivity index (χ0v) is 16.8. The highest BCUT2D eigenvalue weighted by atomic mass is 19.1. The molecule has 1 heterocycles. The van der Waals surface area contributed by atoms with Crippen LogP contribution in [0.2, 0.25) is 0 Å². The fourth-order valence-corrected chi connectivity index (χ4v) is 3.64. The van der Waals surface area contributed by atoms with E-state index in [-0.39, 0.29) is 23.8 Å². The van der Waals surface area contributed by atoms with Crippen LogP contribution in [0.15, 0.2) is 71.7 Å². The Kier molecular flexibility index (Phi) is 5.68. The van der Waals surface area contributed by atoms with Crippen LogP contribution in [-0.2, 0) is 0 Å². The lowest BCUT2D eigenvalue weighted by Crippen LogP contribution is -2.33. The van der Waals surface area contributed by atoms with Crippen LogP contribution in [-0.4, -0.2) is 25.0 Å². The minimum Gasteiger partial charge on any atom is -0.507 e. The van der Waals surface area contributed by atoms with Crippen molar-refractivity contribution in [1.82, 2.24) is 5.32 Å². The van der Waals surface area contributed by atoms with Crippen molar-refractivity contribution in [3.63, 3.8) is 0 Å². The molecule has 0 aliphatic carbocycles. The van der Waals surface area contributed by atoms with Crippen LogP contribution in [0, 0.1) is 5.82 Å². The van der Waals surface area contributed by atoms with Gasteiger partial charge in [-0.25, -0.2) is 4.39 Å². The Labute approximate surface area is 174 Å². The van der Waals surface area contributed by atoms with E-state index in [1.807, 2.05) is 36.4 Å². The van der Waals surface area contributed by atoms with Gasteiger partial charge < -0.3 is 14.6 Å². The second kappa shape index (κ2) is 8.55. The van der Waals surface area contributed by atoms with Gasteiger partial charge in [0.05, 0.1) is 14.2 Å². The molecule has 3 aromatic rings. The quantitative estimate of drug-likeness (QED) is 0.641. The molecule has 0 radical (unpaired) electrons. The summed E-state index contributed by atoms with van der Waals surface area (Å²) in [6.45, 7) is 0. The molecule has 0 fully saturated rings. The number of hydrogen-bond donors (Lipinski definition) is 2. The molecule has 0 saturated heterocycles. The summed E-state index contributed by atoms with van der Waals surface area (Å²) in [4.78, 5) is 4.89. The Morgan fingerprint density at radius 1 is 0.967 bits per heavy atom. The van der Waals surface area contributed by atoms with E-state index in [9.17, 15) is 9.50 Å². The lowest BCUT2D eigenvalue weighted by molar-refractivity contribution is 0.395. The van der Waals surface area contributed by atoms with Crippen molar-refractivity contribution in [3.8, 4) is 17.2 Å². The topological polar surface area (TPSA) is 63.1 Å². The Bertz CT molecular complexity index is 1070. The average molecular weight is 406 g/mol. The summed E-state index contributed by atoms with van der Waals surface area (Å²) in [7, 11) is 3.19. The second-order valence-electron chi connectivity index (χ2n) is 7.11. The Hall–Kier alpha value is -3.38. The normalized spacial score (nSPS) is 18.6. The second-order valence-corrected chi connectivity index (χ2v) is 7.11. The lowest BCUT2D eigenvalue weighted by Gasteiger charge is -2.31. The van der Waals surface area contributed by atoms with Crippen molar-refractivity contribution < 1.29 is 19.0 Å². The van der Waals surface area contributed by atoms with E-state index in [2.05, 4.69) is 5.32 Å². The third-order valence-corrected chi connectivity index (χ3v) is 5.24. The van der Waals surface area contributed by atoms with Crippen molar-refractivity contribution in [2.24, 2.45) is 4.99 Å². The van der Waals surface area contributed by atoms with E-state index < -0.39 is 0 Å². The maximum absolute atomic E-state index is 13.4. The molecule has 0 spiro atoms. The standard InChI is InChI=1S/C24H23FN2O3/c1-29-18-5-3-4-16(12-18)21-14-22(20-11-10-19(30-2)13-23(20)28)27-24(26-21)15-6-8-17(25)9-7-15/h3-13,22,24,27-28H,14H2,1-2H3/t22-,24-/m0/s1. The summed E-state index contributed by atoms with van der Waals surface area (Å²) in [5.74, 6) is 1.19. The molecule has 0 aromatic heterocycles. The molecule has 0 amide bonds. The van der Waals surface area contributed by atoms with Gasteiger partial charge in [-0.3, -0.25) is 10.3 Å². The third kappa shape index (κ3) is 4.14. The van der Waals surface area contributed by atoms with Gasteiger partial charge >= 0.3 is 0 Å². The smallest absolute Gasteiger partial charge is 0.126 e. The number of aromatic hydroxyl groups is 1. The molecule has 2 atom stereocenters. The fourth-order valence-electron chi connectivity index (χ4n) is 3.64. The monoisotopic (exact) mass is 406 g/mol. The van der Waals surface area contributed by atoms with Crippen molar-refractivity contribution in [2.75, 3.05) is 14.2 Å². The largest absolute Gasteiger partial charge is 0.507 e. The van der Waals surface area contributed by atoms with Crippen LogP contribution in [0.5, 0.6) is 17.2 Å². The number of benzene rings is 3. The highest BCUT2D eigenvalue weighted by Crippen LogP contribution is 2.36. The average Bonchev–Trinajstić information content (AvgIpc) is 2.79. The minimum atomic E-state index is -0.382. The predicted molar refractivity (Wildman–Crippen MR) is 114 cm³/mol. The number of methoxy groups -OCH3 is 2. The number of rotatable bonds is 5. The van der Waals surface area contributed by atoms with Crippen molar-refractivity contribution >= 4 is 5.71 Å². The van der Waals surface area contributed by atoms with E-state index in [1.165, 1.54) is 12.1 Å². The number of phenolic OH excluding ortho intramolecular Hbond substituents is 1. The van der Waals surface area contributed by atoms with Crippen LogP contribution in [0.4, 0.5) is 4.39 Å². The Morgan fingerprint density at radius 3 is 2.40 bits per heavy atom. The summed E-state index contributed by atoms with van der Waals surface area (Å²) in [5.41, 5.74) is 3.41. The molecule has 4 rings (SSSR count). The minimum absolute atomic E-state index is 0.150. The third-order valence-electron chi connectivity index (χ3n) is 5.24. The van der Waals surface area contributed by atoms with Gasteiger partial charge in [0.25, 0.3) is 0 Å². The zero-order valence-electron chi connectivity index (χ0n) is 16.8. The van der Waals surface area contributed by atoms with Gasteiger partial charge in [-0.1, -0.05) is 30.3 Å². The molecule has 6 heteroatoms. The van der Waals surface area contributed by atoms with Gasteiger partial charge in [-0.05, 0) is 41.5 Å². The van der Waals surface area contributed by atoms with Crippen LogP contribution >= 0.6 is 0 Å². The number of phenols is 1. The van der Waals surface area contributed by atoms with Gasteiger partial charge in [0.1, 0.15) is 29.2 Å². The first-order chi connectivity index (χ1) is 14.6. The molecule has 3 aromatic carbocycles. The van der Waals surface area contributed by atoms with Crippen LogP contribution in [0.25, 0.3) is 0 Å². The lowest BCUT2D eigenvalue weighted by atomic mass is 9.93. The molecule has 0 bridgehead atoms. The van der Waals surface area contributed by atoms with Crippen LogP contribution in [0.3, 0.4) is 0 Å². The first kappa shape index (κ1) is 19.9. The number of nitrogens with zero attached hydrogens (tertiary/aromatic N) is 1. The predicted octanol–water partition coefficient (Wildman–Crippen LogP) is 4.77. The van der Waals surface area contributed by atoms with E-state index >= 15 is 0 Å². The maximum Gasteiger partial charge on any atom is 0.126 e. The van der Waals surface area contributed by atoms with Gasteiger partial charge in [0, 0.05) is 29.8 Å². The highest BCUT2D eigenvalue weighted by Gasteiger charge is 2.28. The van der Waals surface area contributed by atoms with E-state index in [1.54, 1.807) is 32.4 Å². The Morgan fingerprint density at radius 2 is 1.70 bits per heavy atom. The number of ether oxygens (including phenoxy) is 2. The van der Waals surface area contributed by atoms with Crippen molar-refractivity contribution in [2.45, 2.75) is 18.6 Å². The highest BCUT2D eigenvalue weighted by molar-refractivity contribution is 6.02. The molecular weight excluding hydrogens is 383 g/mol. The summed E-state index contributed by atoms with van der Waals surface area (Å²) in [6, 6.07) is 19.1. The summed E-state index contributed by atoms with van der Waals surface area (Å²) >= 11 is 0. The zero-order chi connectivity index (χ0) is 21.1. The molecule has 1 aliphatic heterocycles. The SMILES string of the molecule is COc1cccc(C2=N[C@H](c3ccc(F)cc3)N[C@H](c3ccc(OC)cc3O)C2)c1. The van der Waals surface area contributed by atoms with Gasteiger partial charge in [-0.2, -0.15) is 0 Å². The van der Waals surface area contributed by atoms with Gasteiger partial charge in [-0.15, -0.1) is 0 Å². The first-order valence-corrected chi connectivity index (χ1v) is 9.67. The fraction of sp³-hybridized carbons (Fsp3) is 0.208. The molecule has 1 aliphatic rings. The number of nitrogens with one attached hydrogen (secondary N) is 1. The van der Waals surface area contributed by atoms with Crippen molar-refractivity contribution in [3.05, 3.63) is 89.2 Å². The summed E-state index contributed by atoms with van der Waals surface area (Å²) in [6.07, 6.45) is 0.192. The van der Waals surface area contributed by atoms with E-state index in [0.717, 1.165) is 28.2 Å². The van der Waals surface area contributed by atoms with Crippen molar-refractivity contribution in [1.29, 1.82) is 0 Å². The van der Waals surface area contributed by atoms with Gasteiger partial charge in [0.2, 0.25) is 0 Å². The molecule has 0 unspecified atom stereocenters. The van der Waals surface area contributed by atoms with Crippen LogP contribution in [0.1, 0.15) is 35.3 Å². The number of halogens is 1. The molecule has 5 nitrogen and oxygen atoms in total. The Balaban J connectivity index is 1.75. The molecule has 2 N–H and O–H groups in total. The molecule has 0 saturated carbocycles. The number of aliphatic imine (C=N–C) groups is 1. The van der Waals surface area contributed by atoms with E-state index in [0.29, 0.717) is 12.2 Å². The van der Waals surface area contributed by atoms with Gasteiger partial charge in [0.15, 0.2) is 0 Å². The summed E-state index contributed by atoms with van der Waals surface area (Å²) < 4.78 is 24.0.